The van der Waals surface area contributed by atoms with Crippen molar-refractivity contribution >= 4 is 11.2 Å². The number of hydrogen-bond donors (Lipinski definition) is 2. The summed E-state index contributed by atoms with van der Waals surface area (Å²) in [5.74, 6) is 1.77. The van der Waals surface area contributed by atoms with Gasteiger partial charge in [-0.2, -0.15) is 0 Å². The van der Waals surface area contributed by atoms with Crippen molar-refractivity contribution in [1.82, 2.24) is 14.5 Å². The zero-order valence-corrected chi connectivity index (χ0v) is 14.2. The summed E-state index contributed by atoms with van der Waals surface area (Å²) >= 11 is 0. The van der Waals surface area contributed by atoms with Gasteiger partial charge in [-0.25, -0.2) is 9.97 Å². The Morgan fingerprint density at radius 3 is 2.63 bits per heavy atom. The molecule has 2 aromatic carbocycles. The lowest BCUT2D eigenvalue weighted by molar-refractivity contribution is 0.171. The third kappa shape index (κ3) is 2.52. The first kappa shape index (κ1) is 15.5. The van der Waals surface area contributed by atoms with Gasteiger partial charge >= 0.3 is 0 Å². The van der Waals surface area contributed by atoms with Gasteiger partial charge in [-0.1, -0.05) is 0 Å². The predicted molar refractivity (Wildman–Crippen MR) is 98.6 cm³/mol. The van der Waals surface area contributed by atoms with E-state index in [1.54, 1.807) is 12.3 Å². The molecule has 7 nitrogen and oxygen atoms in total. The van der Waals surface area contributed by atoms with E-state index in [0.29, 0.717) is 47.3 Å². The van der Waals surface area contributed by atoms with E-state index in [9.17, 15) is 10.2 Å². The Bertz CT molecular complexity index is 1170. The van der Waals surface area contributed by atoms with Crippen molar-refractivity contribution in [3.8, 4) is 40.1 Å². The smallest absolute Gasteiger partial charge is 0.164 e. The summed E-state index contributed by atoms with van der Waals surface area (Å²) in [5.41, 5.74) is 2.61. The Hall–Kier alpha value is -3.74. The normalized spacial score (nSPS) is 13.0. The van der Waals surface area contributed by atoms with E-state index in [1.165, 1.54) is 12.1 Å². The number of imidazole rings is 1. The van der Waals surface area contributed by atoms with Gasteiger partial charge in [0.15, 0.2) is 23.0 Å². The number of pyridine rings is 1. The molecule has 0 saturated heterocycles. The van der Waals surface area contributed by atoms with Gasteiger partial charge in [0, 0.05) is 18.3 Å². The molecule has 5 rings (SSSR count). The molecule has 0 unspecified atom stereocenters. The number of benzene rings is 2. The second-order valence-corrected chi connectivity index (χ2v) is 6.15. The van der Waals surface area contributed by atoms with Gasteiger partial charge in [0.25, 0.3) is 0 Å². The van der Waals surface area contributed by atoms with Gasteiger partial charge in [0.1, 0.15) is 30.2 Å². The molecule has 0 bridgehead atoms. The van der Waals surface area contributed by atoms with Crippen LogP contribution in [-0.4, -0.2) is 38.0 Å². The van der Waals surface area contributed by atoms with Crippen LogP contribution in [0.25, 0.3) is 28.2 Å². The van der Waals surface area contributed by atoms with Crippen LogP contribution in [0, 0.1) is 0 Å². The highest BCUT2D eigenvalue weighted by Gasteiger charge is 2.20. The fraction of sp³-hybridized carbons (Fsp3) is 0.100. The van der Waals surface area contributed by atoms with E-state index in [2.05, 4.69) is 9.97 Å². The molecule has 4 aromatic rings. The number of nitrogens with zero attached hydrogens (tertiary/aromatic N) is 3. The molecule has 0 fully saturated rings. The summed E-state index contributed by atoms with van der Waals surface area (Å²) < 4.78 is 13.1. The Labute approximate surface area is 154 Å². The lowest BCUT2D eigenvalue weighted by Gasteiger charge is -2.19. The van der Waals surface area contributed by atoms with Crippen LogP contribution in [0.5, 0.6) is 23.0 Å². The number of aromatic nitrogens is 3. The first-order chi connectivity index (χ1) is 13.2. The van der Waals surface area contributed by atoms with Crippen LogP contribution >= 0.6 is 0 Å². The van der Waals surface area contributed by atoms with E-state index in [4.69, 9.17) is 9.47 Å². The fourth-order valence-corrected chi connectivity index (χ4v) is 3.22. The summed E-state index contributed by atoms with van der Waals surface area (Å²) in [6.45, 7) is 1.01. The zero-order chi connectivity index (χ0) is 18.4. The monoisotopic (exact) mass is 361 g/mol. The summed E-state index contributed by atoms with van der Waals surface area (Å²) in [7, 11) is 0. The first-order valence-corrected chi connectivity index (χ1v) is 8.46. The standard InChI is InChI=1S/C20H15N3O4/c24-13-4-5-14(16(25)11-13)19-22-15-2-1-7-21-20(15)23(19)12-3-6-17-18(10-12)27-9-8-26-17/h1-7,10-11,24-25H,8-9H2. The topological polar surface area (TPSA) is 89.6 Å². The zero-order valence-electron chi connectivity index (χ0n) is 14.2. The van der Waals surface area contributed by atoms with Gasteiger partial charge in [0.05, 0.1) is 11.3 Å². The van der Waals surface area contributed by atoms with Crippen LogP contribution < -0.4 is 9.47 Å². The molecule has 2 N–H and O–H groups in total. The maximum Gasteiger partial charge on any atom is 0.164 e. The minimum atomic E-state index is -0.0656. The van der Waals surface area contributed by atoms with Crippen molar-refractivity contribution in [1.29, 1.82) is 0 Å². The lowest BCUT2D eigenvalue weighted by atomic mass is 10.1. The van der Waals surface area contributed by atoms with Crippen molar-refractivity contribution in [2.45, 2.75) is 0 Å². The number of hydrogen-bond acceptors (Lipinski definition) is 6. The summed E-state index contributed by atoms with van der Waals surface area (Å²) in [6.07, 6.45) is 1.69. The van der Waals surface area contributed by atoms with E-state index >= 15 is 0 Å². The number of aromatic hydroxyl groups is 2. The third-order valence-electron chi connectivity index (χ3n) is 4.42. The molecular weight excluding hydrogens is 346 g/mol. The Kier molecular flexibility index (Phi) is 3.39. The number of fused-ring (bicyclic) bond motifs is 2. The quantitative estimate of drug-likeness (QED) is 0.570. The molecule has 0 radical (unpaired) electrons. The molecule has 0 atom stereocenters. The van der Waals surface area contributed by atoms with Gasteiger partial charge < -0.3 is 19.7 Å². The summed E-state index contributed by atoms with van der Waals surface area (Å²) in [4.78, 5) is 9.11. The molecule has 1 aliphatic heterocycles. The first-order valence-electron chi connectivity index (χ1n) is 8.46. The fourth-order valence-electron chi connectivity index (χ4n) is 3.22. The molecule has 27 heavy (non-hydrogen) atoms. The largest absolute Gasteiger partial charge is 0.508 e. The van der Waals surface area contributed by atoms with Crippen molar-refractivity contribution in [3.63, 3.8) is 0 Å². The van der Waals surface area contributed by atoms with Gasteiger partial charge in [-0.05, 0) is 36.4 Å². The number of rotatable bonds is 2. The predicted octanol–water partition coefficient (Wildman–Crippen LogP) is 3.27. The van der Waals surface area contributed by atoms with Crippen LogP contribution in [0.3, 0.4) is 0 Å². The minimum Gasteiger partial charge on any atom is -0.508 e. The Morgan fingerprint density at radius 2 is 1.78 bits per heavy atom. The van der Waals surface area contributed by atoms with Gasteiger partial charge in [-0.15, -0.1) is 0 Å². The molecule has 0 spiro atoms. The number of phenols is 2. The van der Waals surface area contributed by atoms with Gasteiger partial charge in [-0.3, -0.25) is 4.57 Å². The molecule has 3 heterocycles. The SMILES string of the molecule is Oc1ccc(-c2nc3cccnc3n2-c2ccc3c(c2)OCCO3)c(O)c1. The molecule has 2 aromatic heterocycles. The van der Waals surface area contributed by atoms with Crippen molar-refractivity contribution in [2.75, 3.05) is 13.2 Å². The van der Waals surface area contributed by atoms with E-state index in [1.807, 2.05) is 34.9 Å². The van der Waals surface area contributed by atoms with Crippen LogP contribution in [0.4, 0.5) is 0 Å². The maximum atomic E-state index is 10.4. The van der Waals surface area contributed by atoms with Crippen molar-refractivity contribution < 1.29 is 19.7 Å². The molecule has 134 valence electrons. The molecule has 1 aliphatic rings. The molecule has 0 aliphatic carbocycles. The maximum absolute atomic E-state index is 10.4. The summed E-state index contributed by atoms with van der Waals surface area (Å²) in [6, 6.07) is 13.7. The van der Waals surface area contributed by atoms with Crippen LogP contribution in [0.2, 0.25) is 0 Å². The molecular formula is C20H15N3O4. The van der Waals surface area contributed by atoms with Crippen LogP contribution in [0.15, 0.2) is 54.7 Å². The summed E-state index contributed by atoms with van der Waals surface area (Å²) in [5, 5.41) is 20.0. The third-order valence-corrected chi connectivity index (χ3v) is 4.42. The molecule has 7 heteroatoms. The Morgan fingerprint density at radius 1 is 0.926 bits per heavy atom. The second kappa shape index (κ2) is 5.91. The van der Waals surface area contributed by atoms with E-state index < -0.39 is 0 Å². The average Bonchev–Trinajstić information content (AvgIpc) is 3.06. The number of ether oxygens (including phenoxy) is 2. The van der Waals surface area contributed by atoms with Gasteiger partial charge in [0.2, 0.25) is 0 Å². The Balaban J connectivity index is 1.78. The second-order valence-electron chi connectivity index (χ2n) is 6.15. The lowest BCUT2D eigenvalue weighted by Crippen LogP contribution is -2.15. The highest BCUT2D eigenvalue weighted by atomic mass is 16.6. The van der Waals surface area contributed by atoms with Crippen LogP contribution in [-0.2, 0) is 0 Å². The van der Waals surface area contributed by atoms with E-state index in [0.717, 1.165) is 5.69 Å². The van der Waals surface area contributed by atoms with Crippen molar-refractivity contribution in [2.24, 2.45) is 0 Å². The minimum absolute atomic E-state index is 0.0173. The van der Waals surface area contributed by atoms with Crippen molar-refractivity contribution in [3.05, 3.63) is 54.7 Å². The average molecular weight is 361 g/mol. The number of phenolic OH excluding ortho intramolecular Hbond substituents is 2. The van der Waals surface area contributed by atoms with E-state index in [-0.39, 0.29) is 11.5 Å². The molecule has 0 amide bonds. The van der Waals surface area contributed by atoms with Crippen LogP contribution in [0.1, 0.15) is 0 Å². The highest BCUT2D eigenvalue weighted by Crippen LogP contribution is 2.37. The molecule has 0 saturated carbocycles. The highest BCUT2D eigenvalue weighted by molar-refractivity contribution is 5.82.